The first-order chi connectivity index (χ1) is 8.79. The number of aromatic nitrogens is 1. The Kier molecular flexibility index (Phi) is 7.07. The van der Waals surface area contributed by atoms with E-state index in [1.54, 1.807) is 6.20 Å². The van der Waals surface area contributed by atoms with Crippen molar-refractivity contribution in [2.45, 2.75) is 52.4 Å². The minimum Gasteiger partial charge on any atom is -0.369 e. The number of Topliss-reactive ketones (excluding diaryl/α,β-unsaturated/α-hetero) is 1. The topological polar surface area (TPSA) is 42.0 Å². The second kappa shape index (κ2) is 8.67. The van der Waals surface area contributed by atoms with Crippen LogP contribution in [0.1, 0.15) is 62.7 Å². The molecule has 1 heterocycles. The Hall–Kier alpha value is -1.38. The molecule has 0 atom stereocenters. The van der Waals surface area contributed by atoms with Crippen molar-refractivity contribution in [3.63, 3.8) is 0 Å². The van der Waals surface area contributed by atoms with Crippen LogP contribution in [0.5, 0.6) is 0 Å². The highest BCUT2D eigenvalue weighted by atomic mass is 16.1. The molecule has 0 saturated heterocycles. The number of ketones is 1. The molecule has 18 heavy (non-hydrogen) atoms. The maximum Gasteiger partial charge on any atom is 0.166 e. The van der Waals surface area contributed by atoms with Crippen LogP contribution in [0.2, 0.25) is 0 Å². The van der Waals surface area contributed by atoms with E-state index in [1.165, 1.54) is 25.7 Å². The number of carbonyl (C=O) groups is 1. The van der Waals surface area contributed by atoms with Crippen LogP contribution >= 0.6 is 0 Å². The van der Waals surface area contributed by atoms with Gasteiger partial charge in [0, 0.05) is 19.2 Å². The molecule has 0 amide bonds. The lowest BCUT2D eigenvalue weighted by molar-refractivity contribution is 0.0988. The second-order valence-corrected chi connectivity index (χ2v) is 4.52. The van der Waals surface area contributed by atoms with Crippen molar-refractivity contribution in [3.8, 4) is 0 Å². The van der Waals surface area contributed by atoms with Gasteiger partial charge in [-0.3, -0.25) is 4.79 Å². The Morgan fingerprint density at radius 2 is 2.00 bits per heavy atom. The molecule has 0 unspecified atom stereocenters. The lowest BCUT2D eigenvalue weighted by Crippen LogP contribution is -2.09. The molecule has 1 aromatic rings. The number of nitrogens with zero attached hydrogens (tertiary/aromatic N) is 1. The summed E-state index contributed by atoms with van der Waals surface area (Å²) < 4.78 is 0. The van der Waals surface area contributed by atoms with Crippen LogP contribution in [0, 0.1) is 0 Å². The number of anilines is 1. The Bertz CT molecular complexity index is 363. The summed E-state index contributed by atoms with van der Waals surface area (Å²) in [7, 11) is 0. The number of carbonyl (C=O) groups excluding carboxylic acids is 1. The fraction of sp³-hybridized carbons (Fsp3) is 0.600. The Labute approximate surface area is 110 Å². The summed E-state index contributed by atoms with van der Waals surface area (Å²) >= 11 is 0. The number of hydrogen-bond acceptors (Lipinski definition) is 3. The molecule has 0 bridgehead atoms. The molecule has 1 aromatic heterocycles. The van der Waals surface area contributed by atoms with Crippen LogP contribution in [-0.4, -0.2) is 17.3 Å². The normalized spacial score (nSPS) is 10.3. The molecular weight excluding hydrogens is 224 g/mol. The number of unbranched alkanes of at least 4 members (excludes halogenated alkanes) is 4. The van der Waals surface area contributed by atoms with Gasteiger partial charge in [0.25, 0.3) is 0 Å². The van der Waals surface area contributed by atoms with E-state index in [9.17, 15) is 4.79 Å². The minimum atomic E-state index is 0.150. The molecule has 100 valence electrons. The third-order valence-corrected chi connectivity index (χ3v) is 3.00. The van der Waals surface area contributed by atoms with Gasteiger partial charge < -0.3 is 5.32 Å². The summed E-state index contributed by atoms with van der Waals surface area (Å²) in [5.41, 5.74) is 0.716. The smallest absolute Gasteiger partial charge is 0.166 e. The molecule has 0 aliphatic heterocycles. The van der Waals surface area contributed by atoms with Crippen LogP contribution in [-0.2, 0) is 0 Å². The van der Waals surface area contributed by atoms with E-state index in [0.717, 1.165) is 18.8 Å². The SMILES string of the molecule is CCCCCCCNc1ncccc1C(=O)CC. The largest absolute Gasteiger partial charge is 0.369 e. The molecule has 0 aliphatic rings. The highest BCUT2D eigenvalue weighted by molar-refractivity contribution is 6.00. The van der Waals surface area contributed by atoms with Crippen LogP contribution in [0.4, 0.5) is 5.82 Å². The van der Waals surface area contributed by atoms with Crippen molar-refractivity contribution in [2.24, 2.45) is 0 Å². The molecule has 3 heteroatoms. The van der Waals surface area contributed by atoms with E-state index in [-0.39, 0.29) is 5.78 Å². The van der Waals surface area contributed by atoms with Crippen molar-refractivity contribution in [1.29, 1.82) is 0 Å². The van der Waals surface area contributed by atoms with Gasteiger partial charge in [0.05, 0.1) is 5.56 Å². The zero-order valence-electron chi connectivity index (χ0n) is 11.5. The van der Waals surface area contributed by atoms with Gasteiger partial charge in [-0.05, 0) is 18.6 Å². The third kappa shape index (κ3) is 4.86. The van der Waals surface area contributed by atoms with E-state index >= 15 is 0 Å². The molecule has 0 spiro atoms. The average Bonchev–Trinajstić information content (AvgIpc) is 2.42. The van der Waals surface area contributed by atoms with Gasteiger partial charge in [-0.15, -0.1) is 0 Å². The van der Waals surface area contributed by atoms with Gasteiger partial charge in [0.15, 0.2) is 5.78 Å². The minimum absolute atomic E-state index is 0.150. The van der Waals surface area contributed by atoms with Gasteiger partial charge in [-0.1, -0.05) is 39.5 Å². The zero-order valence-corrected chi connectivity index (χ0v) is 11.5. The van der Waals surface area contributed by atoms with E-state index < -0.39 is 0 Å². The maximum atomic E-state index is 11.7. The van der Waals surface area contributed by atoms with Crippen molar-refractivity contribution in [3.05, 3.63) is 23.9 Å². The Balaban J connectivity index is 2.39. The molecule has 0 aromatic carbocycles. The van der Waals surface area contributed by atoms with E-state index in [0.29, 0.717) is 12.0 Å². The first kappa shape index (κ1) is 14.7. The van der Waals surface area contributed by atoms with Crippen LogP contribution in [0.3, 0.4) is 0 Å². The lowest BCUT2D eigenvalue weighted by Gasteiger charge is -2.09. The third-order valence-electron chi connectivity index (χ3n) is 3.00. The Morgan fingerprint density at radius 3 is 2.72 bits per heavy atom. The van der Waals surface area contributed by atoms with Crippen molar-refractivity contribution in [2.75, 3.05) is 11.9 Å². The van der Waals surface area contributed by atoms with E-state index in [4.69, 9.17) is 0 Å². The number of hydrogen-bond donors (Lipinski definition) is 1. The molecular formula is C15H24N2O. The predicted molar refractivity (Wildman–Crippen MR) is 76.1 cm³/mol. The fourth-order valence-electron chi connectivity index (χ4n) is 1.90. The highest BCUT2D eigenvalue weighted by Crippen LogP contribution is 2.14. The predicted octanol–water partition coefficient (Wildman–Crippen LogP) is 4.06. The molecule has 0 radical (unpaired) electrons. The Morgan fingerprint density at radius 1 is 1.22 bits per heavy atom. The average molecular weight is 248 g/mol. The van der Waals surface area contributed by atoms with E-state index in [2.05, 4.69) is 17.2 Å². The zero-order chi connectivity index (χ0) is 13.2. The molecule has 0 fully saturated rings. The quantitative estimate of drug-likeness (QED) is 0.529. The lowest BCUT2D eigenvalue weighted by atomic mass is 10.1. The molecule has 0 saturated carbocycles. The molecule has 0 aliphatic carbocycles. The van der Waals surface area contributed by atoms with Crippen molar-refractivity contribution >= 4 is 11.6 Å². The summed E-state index contributed by atoms with van der Waals surface area (Å²) in [6, 6.07) is 3.66. The molecule has 1 N–H and O–H groups in total. The van der Waals surface area contributed by atoms with Gasteiger partial charge in [0.1, 0.15) is 5.82 Å². The summed E-state index contributed by atoms with van der Waals surface area (Å²) in [4.78, 5) is 16.0. The second-order valence-electron chi connectivity index (χ2n) is 4.52. The maximum absolute atomic E-state index is 11.7. The van der Waals surface area contributed by atoms with Crippen molar-refractivity contribution in [1.82, 2.24) is 4.98 Å². The van der Waals surface area contributed by atoms with Gasteiger partial charge in [0.2, 0.25) is 0 Å². The molecule has 3 nitrogen and oxygen atoms in total. The van der Waals surface area contributed by atoms with Gasteiger partial charge >= 0.3 is 0 Å². The van der Waals surface area contributed by atoms with Gasteiger partial charge in [-0.25, -0.2) is 4.98 Å². The first-order valence-electron chi connectivity index (χ1n) is 7.01. The fourth-order valence-corrected chi connectivity index (χ4v) is 1.90. The number of pyridine rings is 1. The highest BCUT2D eigenvalue weighted by Gasteiger charge is 2.09. The van der Waals surface area contributed by atoms with Crippen LogP contribution < -0.4 is 5.32 Å². The number of rotatable bonds is 9. The summed E-state index contributed by atoms with van der Waals surface area (Å²) in [6.07, 6.45) is 8.50. The standard InChI is InChI=1S/C15H24N2O/c1-3-5-6-7-8-11-16-15-13(14(18)4-2)10-9-12-17-15/h9-10,12H,3-8,11H2,1-2H3,(H,16,17). The van der Waals surface area contributed by atoms with Crippen LogP contribution in [0.25, 0.3) is 0 Å². The summed E-state index contributed by atoms with van der Waals surface area (Å²) in [6.45, 7) is 4.99. The summed E-state index contributed by atoms with van der Waals surface area (Å²) in [5, 5.41) is 3.27. The van der Waals surface area contributed by atoms with E-state index in [1.807, 2.05) is 19.1 Å². The number of nitrogens with one attached hydrogen (secondary N) is 1. The molecule has 1 rings (SSSR count). The van der Waals surface area contributed by atoms with Crippen molar-refractivity contribution < 1.29 is 4.79 Å². The first-order valence-corrected chi connectivity index (χ1v) is 7.01. The van der Waals surface area contributed by atoms with Crippen LogP contribution in [0.15, 0.2) is 18.3 Å². The monoisotopic (exact) mass is 248 g/mol. The van der Waals surface area contributed by atoms with Gasteiger partial charge in [-0.2, -0.15) is 0 Å². The summed E-state index contributed by atoms with van der Waals surface area (Å²) in [5.74, 6) is 0.886.